The van der Waals surface area contributed by atoms with E-state index < -0.39 is 39.2 Å². The summed E-state index contributed by atoms with van der Waals surface area (Å²) in [4.78, 5) is 32.7. The Balaban J connectivity index is 1.68. The monoisotopic (exact) mass is 506 g/mol. The van der Waals surface area contributed by atoms with Crippen LogP contribution >= 0.6 is 0 Å². The molecule has 192 valence electrons. The van der Waals surface area contributed by atoms with Gasteiger partial charge in [-0.25, -0.2) is 13.1 Å². The van der Waals surface area contributed by atoms with Crippen molar-refractivity contribution in [1.29, 1.82) is 0 Å². The summed E-state index contributed by atoms with van der Waals surface area (Å²) in [5.74, 6) is -1.48. The maximum absolute atomic E-state index is 12.5. The van der Waals surface area contributed by atoms with Crippen LogP contribution in [-0.2, 0) is 19.6 Å². The van der Waals surface area contributed by atoms with Crippen molar-refractivity contribution in [3.63, 3.8) is 0 Å². The number of nitrogens with zero attached hydrogens (tertiary/aromatic N) is 3. The van der Waals surface area contributed by atoms with Gasteiger partial charge in [0, 0.05) is 18.3 Å². The van der Waals surface area contributed by atoms with Crippen LogP contribution in [0.4, 0.5) is 0 Å². The summed E-state index contributed by atoms with van der Waals surface area (Å²) in [7, 11) is -4.14. The molecular formula is C24H34N4O6S. The molecule has 1 saturated carbocycles. The molecule has 0 aliphatic heterocycles. The fraction of sp³-hybridized carbons (Fsp3) is 0.625. The number of carbonyl (C=O) groups is 2. The van der Waals surface area contributed by atoms with Gasteiger partial charge in [0.05, 0.1) is 6.42 Å². The first-order chi connectivity index (χ1) is 16.5. The van der Waals surface area contributed by atoms with Gasteiger partial charge in [0.2, 0.25) is 5.89 Å². The number of pyridine rings is 1. The fourth-order valence-electron chi connectivity index (χ4n) is 4.25. The largest absolute Gasteiger partial charge is 0.460 e. The van der Waals surface area contributed by atoms with Gasteiger partial charge in [-0.05, 0) is 45.2 Å². The van der Waals surface area contributed by atoms with Crippen LogP contribution in [0, 0.1) is 5.92 Å². The van der Waals surface area contributed by atoms with E-state index in [1.807, 2.05) is 4.72 Å². The van der Waals surface area contributed by atoms with Crippen LogP contribution in [-0.4, -0.2) is 41.0 Å². The number of ether oxygens (including phenoxy) is 1. The number of hydrogen-bond donors (Lipinski definition) is 1. The summed E-state index contributed by atoms with van der Waals surface area (Å²) in [6, 6.07) is 2.76. The first-order valence-electron chi connectivity index (χ1n) is 12.1. The molecule has 2 aromatic rings. The van der Waals surface area contributed by atoms with E-state index in [1.165, 1.54) is 50.4 Å². The molecule has 0 spiro atoms. The van der Waals surface area contributed by atoms with Crippen molar-refractivity contribution in [3.05, 3.63) is 36.2 Å². The number of rotatable bonds is 10. The highest BCUT2D eigenvalue weighted by atomic mass is 32.2. The van der Waals surface area contributed by atoms with Gasteiger partial charge in [-0.1, -0.05) is 50.1 Å². The molecular weight excluding hydrogens is 472 g/mol. The zero-order chi connectivity index (χ0) is 25.5. The number of aromatic nitrogens is 3. The Hall–Kier alpha value is -2.82. The van der Waals surface area contributed by atoms with Gasteiger partial charge < -0.3 is 9.26 Å². The van der Waals surface area contributed by atoms with Crippen LogP contribution < -0.4 is 4.72 Å². The third kappa shape index (κ3) is 8.41. The normalized spacial score (nSPS) is 16.0. The minimum Gasteiger partial charge on any atom is -0.460 e. The Morgan fingerprint density at radius 2 is 1.97 bits per heavy atom. The minimum absolute atomic E-state index is 0.0270. The summed E-state index contributed by atoms with van der Waals surface area (Å²) >= 11 is 0. The lowest BCUT2D eigenvalue weighted by Gasteiger charge is -2.23. The number of nitrogens with one attached hydrogen (secondary N) is 1. The first kappa shape index (κ1) is 26.8. The van der Waals surface area contributed by atoms with Crippen LogP contribution in [0.5, 0.6) is 0 Å². The van der Waals surface area contributed by atoms with Gasteiger partial charge in [0.1, 0.15) is 10.5 Å². The SMILES string of the molecule is CC(C)(C)OC(=O)CC(CCCC1CCCCC1)c1nc(C(=O)NS(=O)(=O)c2cccnc2)no1. The van der Waals surface area contributed by atoms with E-state index >= 15 is 0 Å². The fourth-order valence-corrected chi connectivity index (χ4v) is 5.16. The summed E-state index contributed by atoms with van der Waals surface area (Å²) < 4.78 is 37.5. The highest BCUT2D eigenvalue weighted by Crippen LogP contribution is 2.31. The van der Waals surface area contributed by atoms with Gasteiger partial charge in [-0.2, -0.15) is 4.98 Å². The van der Waals surface area contributed by atoms with Crippen molar-refractivity contribution < 1.29 is 27.3 Å². The molecule has 1 aliphatic carbocycles. The molecule has 1 fully saturated rings. The van der Waals surface area contributed by atoms with E-state index in [9.17, 15) is 18.0 Å². The predicted molar refractivity (Wildman–Crippen MR) is 127 cm³/mol. The standard InChI is InChI=1S/C24H34N4O6S/c1-24(2,3)33-20(29)15-18(12-7-11-17-9-5-4-6-10-17)23-26-21(27-34-23)22(30)28-35(31,32)19-13-8-14-25-16-19/h8,13-14,16-18H,4-7,9-12,15H2,1-3H3,(H,28,30). The number of sulfonamides is 1. The second-order valence-electron chi connectivity index (χ2n) is 10.0. The molecule has 1 aliphatic rings. The van der Waals surface area contributed by atoms with E-state index in [4.69, 9.17) is 9.26 Å². The molecule has 35 heavy (non-hydrogen) atoms. The van der Waals surface area contributed by atoms with Crippen LogP contribution in [0.2, 0.25) is 0 Å². The molecule has 0 saturated heterocycles. The highest BCUT2D eigenvalue weighted by molar-refractivity contribution is 7.90. The molecule has 11 heteroatoms. The van der Waals surface area contributed by atoms with Crippen LogP contribution in [0.15, 0.2) is 33.9 Å². The minimum atomic E-state index is -4.14. The van der Waals surface area contributed by atoms with Crippen molar-refractivity contribution >= 4 is 21.9 Å². The Labute approximate surface area is 206 Å². The van der Waals surface area contributed by atoms with E-state index in [0.29, 0.717) is 12.3 Å². The molecule has 2 heterocycles. The highest BCUT2D eigenvalue weighted by Gasteiger charge is 2.29. The van der Waals surface area contributed by atoms with E-state index in [-0.39, 0.29) is 17.2 Å². The molecule has 1 atom stereocenters. The lowest BCUT2D eigenvalue weighted by Crippen LogP contribution is -2.31. The number of hydrogen-bond acceptors (Lipinski definition) is 9. The third-order valence-electron chi connectivity index (χ3n) is 5.89. The Morgan fingerprint density at radius 1 is 1.23 bits per heavy atom. The van der Waals surface area contributed by atoms with Gasteiger partial charge in [-0.15, -0.1) is 0 Å². The summed E-state index contributed by atoms with van der Waals surface area (Å²) in [6.07, 6.45) is 11.4. The quantitative estimate of drug-likeness (QED) is 0.470. The average molecular weight is 507 g/mol. The summed E-state index contributed by atoms with van der Waals surface area (Å²) in [6.45, 7) is 5.38. The number of carbonyl (C=O) groups excluding carboxylic acids is 2. The van der Waals surface area contributed by atoms with Crippen molar-refractivity contribution in [2.24, 2.45) is 5.92 Å². The lowest BCUT2D eigenvalue weighted by atomic mass is 9.84. The number of esters is 1. The Kier molecular flexibility index (Phi) is 8.98. The smallest absolute Gasteiger partial charge is 0.307 e. The van der Waals surface area contributed by atoms with Crippen molar-refractivity contribution in [2.75, 3.05) is 0 Å². The molecule has 1 unspecified atom stereocenters. The van der Waals surface area contributed by atoms with Gasteiger partial charge in [0.15, 0.2) is 0 Å². The third-order valence-corrected chi connectivity index (χ3v) is 7.20. The maximum Gasteiger partial charge on any atom is 0.307 e. The van der Waals surface area contributed by atoms with E-state index in [1.54, 1.807) is 20.8 Å². The van der Waals surface area contributed by atoms with Crippen molar-refractivity contribution in [2.45, 2.75) is 95.0 Å². The molecule has 0 aromatic carbocycles. The number of amides is 1. The molecule has 0 bridgehead atoms. The lowest BCUT2D eigenvalue weighted by molar-refractivity contribution is -0.155. The molecule has 0 radical (unpaired) electrons. The Bertz CT molecular complexity index is 1090. The second kappa shape index (κ2) is 11.7. The molecule has 2 aromatic heterocycles. The molecule has 1 amide bonds. The topological polar surface area (TPSA) is 141 Å². The molecule has 3 rings (SSSR count). The van der Waals surface area contributed by atoms with Crippen molar-refractivity contribution in [3.8, 4) is 0 Å². The van der Waals surface area contributed by atoms with Crippen molar-refractivity contribution in [1.82, 2.24) is 19.8 Å². The molecule has 10 nitrogen and oxygen atoms in total. The second-order valence-corrected chi connectivity index (χ2v) is 11.7. The first-order valence-corrected chi connectivity index (χ1v) is 13.5. The maximum atomic E-state index is 12.5. The van der Waals surface area contributed by atoms with Crippen LogP contribution in [0.25, 0.3) is 0 Å². The van der Waals surface area contributed by atoms with Gasteiger partial charge in [0.25, 0.3) is 15.8 Å². The van der Waals surface area contributed by atoms with Gasteiger partial charge in [-0.3, -0.25) is 14.6 Å². The average Bonchev–Trinajstić information content (AvgIpc) is 3.29. The van der Waals surface area contributed by atoms with E-state index in [0.717, 1.165) is 19.0 Å². The molecule has 1 N–H and O–H groups in total. The van der Waals surface area contributed by atoms with Crippen LogP contribution in [0.1, 0.15) is 101 Å². The van der Waals surface area contributed by atoms with Crippen LogP contribution in [0.3, 0.4) is 0 Å². The summed E-state index contributed by atoms with van der Waals surface area (Å²) in [5.41, 5.74) is -0.635. The summed E-state index contributed by atoms with van der Waals surface area (Å²) in [5, 5.41) is 3.66. The zero-order valence-corrected chi connectivity index (χ0v) is 21.3. The van der Waals surface area contributed by atoms with Gasteiger partial charge >= 0.3 is 11.9 Å². The zero-order valence-electron chi connectivity index (χ0n) is 20.5. The van der Waals surface area contributed by atoms with E-state index in [2.05, 4.69) is 15.1 Å². The predicted octanol–water partition coefficient (Wildman–Crippen LogP) is 4.15. The Morgan fingerprint density at radius 3 is 2.63 bits per heavy atom.